The van der Waals surface area contributed by atoms with E-state index in [4.69, 9.17) is 22.7 Å². The summed E-state index contributed by atoms with van der Waals surface area (Å²) >= 11 is 4.93. The van der Waals surface area contributed by atoms with Gasteiger partial charge in [-0.05, 0) is 43.0 Å². The van der Waals surface area contributed by atoms with Crippen LogP contribution < -0.4 is 10.6 Å². The Morgan fingerprint density at radius 1 is 1.39 bits per heavy atom. The van der Waals surface area contributed by atoms with Crippen molar-refractivity contribution >= 4 is 22.9 Å². The first kappa shape index (κ1) is 13.3. The van der Waals surface area contributed by atoms with Gasteiger partial charge in [-0.3, -0.25) is 0 Å². The van der Waals surface area contributed by atoms with Gasteiger partial charge in [-0.2, -0.15) is 0 Å². The second kappa shape index (κ2) is 6.16. The van der Waals surface area contributed by atoms with Crippen molar-refractivity contribution < 1.29 is 4.74 Å². The van der Waals surface area contributed by atoms with Crippen LogP contribution in [-0.2, 0) is 4.74 Å². The zero-order chi connectivity index (χ0) is 13.0. The van der Waals surface area contributed by atoms with Gasteiger partial charge in [-0.25, -0.2) is 0 Å². The van der Waals surface area contributed by atoms with Crippen LogP contribution in [0.5, 0.6) is 0 Å². The number of hydrogen-bond acceptors (Lipinski definition) is 3. The monoisotopic (exact) mass is 264 g/mol. The molecule has 2 N–H and O–H groups in total. The highest BCUT2D eigenvalue weighted by Gasteiger charge is 2.20. The molecule has 0 bridgehead atoms. The largest absolute Gasteiger partial charge is 0.389 e. The highest BCUT2D eigenvalue weighted by Crippen LogP contribution is 2.28. The molecule has 0 radical (unpaired) electrons. The van der Waals surface area contributed by atoms with E-state index in [0.29, 0.717) is 4.99 Å². The maximum atomic E-state index is 5.63. The lowest BCUT2D eigenvalue weighted by Crippen LogP contribution is -2.23. The zero-order valence-corrected chi connectivity index (χ0v) is 11.6. The lowest BCUT2D eigenvalue weighted by molar-refractivity contribution is 0.131. The molecule has 98 valence electrons. The summed E-state index contributed by atoms with van der Waals surface area (Å²) in [5, 5.41) is 0. The zero-order valence-electron chi connectivity index (χ0n) is 10.8. The van der Waals surface area contributed by atoms with Crippen LogP contribution in [0.1, 0.15) is 18.4 Å². The van der Waals surface area contributed by atoms with Crippen molar-refractivity contribution in [3.8, 4) is 0 Å². The number of ether oxygens (including phenoxy) is 1. The van der Waals surface area contributed by atoms with Gasteiger partial charge < -0.3 is 15.4 Å². The predicted molar refractivity (Wildman–Crippen MR) is 79.1 cm³/mol. The van der Waals surface area contributed by atoms with E-state index in [2.05, 4.69) is 11.9 Å². The van der Waals surface area contributed by atoms with Gasteiger partial charge in [0.2, 0.25) is 0 Å². The number of hydrogen-bond donors (Lipinski definition) is 1. The molecular weight excluding hydrogens is 244 g/mol. The van der Waals surface area contributed by atoms with Crippen LogP contribution >= 0.6 is 12.2 Å². The maximum Gasteiger partial charge on any atom is 0.103 e. The molecule has 1 fully saturated rings. The fourth-order valence-corrected chi connectivity index (χ4v) is 1.88. The Kier molecular flexibility index (Phi) is 4.55. The molecule has 1 aliphatic carbocycles. The molecule has 0 spiro atoms. The van der Waals surface area contributed by atoms with E-state index in [-0.39, 0.29) is 0 Å². The topological polar surface area (TPSA) is 38.5 Å². The van der Waals surface area contributed by atoms with Crippen LogP contribution in [0.2, 0.25) is 0 Å². The molecule has 18 heavy (non-hydrogen) atoms. The summed E-state index contributed by atoms with van der Waals surface area (Å²) in [6, 6.07) is 7.99. The molecule has 0 amide bonds. The number of benzene rings is 1. The molecule has 2 rings (SSSR count). The summed E-state index contributed by atoms with van der Waals surface area (Å²) in [6.45, 7) is 2.61. The quantitative estimate of drug-likeness (QED) is 0.605. The summed E-state index contributed by atoms with van der Waals surface area (Å²) in [5.41, 5.74) is 7.64. The molecule has 1 aliphatic rings. The average Bonchev–Trinajstić information content (AvgIpc) is 3.18. The van der Waals surface area contributed by atoms with Crippen LogP contribution in [0.25, 0.3) is 0 Å². The SMILES string of the molecule is CN(CCOCC1CC1)c1ccc(C(N)=S)cc1. The Morgan fingerprint density at radius 3 is 2.61 bits per heavy atom. The van der Waals surface area contributed by atoms with Crippen molar-refractivity contribution in [3.63, 3.8) is 0 Å². The van der Waals surface area contributed by atoms with Gasteiger partial charge in [0.1, 0.15) is 4.99 Å². The van der Waals surface area contributed by atoms with Crippen molar-refractivity contribution in [2.45, 2.75) is 12.8 Å². The van der Waals surface area contributed by atoms with Crippen molar-refractivity contribution in [1.29, 1.82) is 0 Å². The van der Waals surface area contributed by atoms with E-state index in [1.807, 2.05) is 24.3 Å². The van der Waals surface area contributed by atoms with Crippen molar-refractivity contribution in [3.05, 3.63) is 29.8 Å². The molecule has 0 saturated heterocycles. The van der Waals surface area contributed by atoms with Crippen LogP contribution in [0.3, 0.4) is 0 Å². The minimum Gasteiger partial charge on any atom is -0.389 e. The van der Waals surface area contributed by atoms with E-state index < -0.39 is 0 Å². The van der Waals surface area contributed by atoms with Crippen molar-refractivity contribution in [2.24, 2.45) is 11.7 Å². The fourth-order valence-electron chi connectivity index (χ4n) is 1.75. The predicted octanol–water partition coefficient (Wildman–Crippen LogP) is 2.18. The Hall–Kier alpha value is -1.13. The third-order valence-corrected chi connectivity index (χ3v) is 3.45. The maximum absolute atomic E-state index is 5.63. The molecule has 1 aromatic rings. The van der Waals surface area contributed by atoms with Gasteiger partial charge in [-0.15, -0.1) is 0 Å². The smallest absolute Gasteiger partial charge is 0.103 e. The highest BCUT2D eigenvalue weighted by atomic mass is 32.1. The molecule has 0 unspecified atom stereocenters. The number of thiocarbonyl (C=S) groups is 1. The number of likely N-dealkylation sites (N-methyl/N-ethyl adjacent to an activating group) is 1. The Labute approximate surface area is 114 Å². The molecule has 0 aromatic heterocycles. The van der Waals surface area contributed by atoms with E-state index in [9.17, 15) is 0 Å². The second-order valence-corrected chi connectivity index (χ2v) is 5.29. The van der Waals surface area contributed by atoms with Crippen LogP contribution in [-0.4, -0.2) is 31.8 Å². The first-order chi connectivity index (χ1) is 8.66. The number of nitrogens with zero attached hydrogens (tertiary/aromatic N) is 1. The number of rotatable bonds is 7. The van der Waals surface area contributed by atoms with Gasteiger partial charge in [0, 0.05) is 31.5 Å². The fraction of sp³-hybridized carbons (Fsp3) is 0.500. The van der Waals surface area contributed by atoms with Gasteiger partial charge in [0.25, 0.3) is 0 Å². The van der Waals surface area contributed by atoms with Gasteiger partial charge in [-0.1, -0.05) is 12.2 Å². The summed E-state index contributed by atoms with van der Waals surface area (Å²) in [7, 11) is 2.07. The molecule has 3 nitrogen and oxygen atoms in total. The molecule has 1 aromatic carbocycles. The molecular formula is C14H20N2OS. The normalized spacial score (nSPS) is 14.5. The summed E-state index contributed by atoms with van der Waals surface area (Å²) in [6.07, 6.45) is 2.69. The van der Waals surface area contributed by atoms with Gasteiger partial charge >= 0.3 is 0 Å². The Balaban J connectivity index is 1.76. The molecule has 0 atom stereocenters. The Morgan fingerprint density at radius 2 is 2.06 bits per heavy atom. The first-order valence-electron chi connectivity index (χ1n) is 6.35. The van der Waals surface area contributed by atoms with Crippen molar-refractivity contribution in [2.75, 3.05) is 31.7 Å². The third kappa shape index (κ3) is 3.96. The summed E-state index contributed by atoms with van der Waals surface area (Å²) < 4.78 is 5.63. The summed E-state index contributed by atoms with van der Waals surface area (Å²) in [5.74, 6) is 0.833. The lowest BCUT2D eigenvalue weighted by Gasteiger charge is -2.19. The van der Waals surface area contributed by atoms with Crippen molar-refractivity contribution in [1.82, 2.24) is 0 Å². The van der Waals surface area contributed by atoms with Crippen LogP contribution in [0, 0.1) is 5.92 Å². The van der Waals surface area contributed by atoms with Gasteiger partial charge in [0.15, 0.2) is 0 Å². The van der Waals surface area contributed by atoms with Crippen LogP contribution in [0.4, 0.5) is 5.69 Å². The lowest BCUT2D eigenvalue weighted by atomic mass is 10.2. The molecule has 4 heteroatoms. The number of nitrogens with two attached hydrogens (primary N) is 1. The molecule has 1 saturated carbocycles. The Bertz CT molecular complexity index is 401. The minimum atomic E-state index is 0.442. The standard InChI is InChI=1S/C14H20N2OS/c1-16(8-9-17-10-11-2-3-11)13-6-4-12(5-7-13)14(15)18/h4-7,11H,2-3,8-10H2,1H3,(H2,15,18). The average molecular weight is 264 g/mol. The molecule has 0 heterocycles. The third-order valence-electron chi connectivity index (χ3n) is 3.21. The minimum absolute atomic E-state index is 0.442. The second-order valence-electron chi connectivity index (χ2n) is 4.85. The van der Waals surface area contributed by atoms with E-state index in [0.717, 1.165) is 36.9 Å². The first-order valence-corrected chi connectivity index (χ1v) is 6.76. The number of anilines is 1. The van der Waals surface area contributed by atoms with Crippen LogP contribution in [0.15, 0.2) is 24.3 Å². The summed E-state index contributed by atoms with van der Waals surface area (Å²) in [4.78, 5) is 2.62. The van der Waals surface area contributed by atoms with E-state index in [1.54, 1.807) is 0 Å². The van der Waals surface area contributed by atoms with E-state index >= 15 is 0 Å². The highest BCUT2D eigenvalue weighted by molar-refractivity contribution is 7.80. The van der Waals surface area contributed by atoms with E-state index in [1.165, 1.54) is 12.8 Å². The van der Waals surface area contributed by atoms with Gasteiger partial charge in [0.05, 0.1) is 6.61 Å². The molecule has 0 aliphatic heterocycles.